The minimum atomic E-state index is -4.89. The lowest BCUT2D eigenvalue weighted by Gasteiger charge is -2.22. The Balaban J connectivity index is 3.04. The third kappa shape index (κ3) is 7.07. The second kappa shape index (κ2) is 7.38. The quantitative estimate of drug-likeness (QED) is 0.427. The highest BCUT2D eigenvalue weighted by Gasteiger charge is 2.40. The van der Waals surface area contributed by atoms with Crippen LogP contribution in [0.2, 0.25) is 0 Å². The maximum absolute atomic E-state index is 12.3. The first-order valence-electron chi connectivity index (χ1n) is 5.80. The Morgan fingerprint density at radius 2 is 1.39 bits per heavy atom. The molecule has 0 heterocycles. The van der Waals surface area contributed by atoms with Crippen molar-refractivity contribution in [1.29, 1.82) is 0 Å². The molecule has 130 valence electrons. The van der Waals surface area contributed by atoms with Crippen LogP contribution in [0.4, 0.5) is 26.3 Å². The van der Waals surface area contributed by atoms with Crippen LogP contribution in [-0.2, 0) is 13.6 Å². The van der Waals surface area contributed by atoms with Gasteiger partial charge in [0, 0.05) is 4.47 Å². The van der Waals surface area contributed by atoms with Gasteiger partial charge in [-0.2, -0.15) is 26.3 Å². The zero-order valence-electron chi connectivity index (χ0n) is 11.2. The Morgan fingerprint density at radius 1 is 1.00 bits per heavy atom. The van der Waals surface area contributed by atoms with E-state index in [4.69, 9.17) is 0 Å². The molecule has 1 aromatic rings. The van der Waals surface area contributed by atoms with Crippen LogP contribution < -0.4 is 0 Å². The van der Waals surface area contributed by atoms with E-state index in [0.717, 1.165) is 0 Å². The van der Waals surface area contributed by atoms with Gasteiger partial charge in [-0.05, 0) is 17.7 Å². The van der Waals surface area contributed by atoms with Gasteiger partial charge in [-0.15, -0.1) is 0 Å². The van der Waals surface area contributed by atoms with Gasteiger partial charge >= 0.3 is 19.9 Å². The first-order chi connectivity index (χ1) is 10.3. The molecule has 23 heavy (non-hydrogen) atoms. The van der Waals surface area contributed by atoms with Gasteiger partial charge in [-0.1, -0.05) is 34.6 Å². The van der Waals surface area contributed by atoms with Crippen LogP contribution in [0.5, 0.6) is 0 Å². The summed E-state index contributed by atoms with van der Waals surface area (Å²) in [5, 5.41) is -0.599. The number of rotatable bonds is 6. The smallest absolute Gasteiger partial charge is 0.296 e. The van der Waals surface area contributed by atoms with E-state index in [1.807, 2.05) is 0 Å². The standard InChI is InChI=1S/C12H10BrF6O3P/c1-8(9-2-4-10(13)5-3-9)23(20,21-6-11(14,15)16)22-7-12(17,18)19/h2-5H,1,6-7H2. The first kappa shape index (κ1) is 20.2. The van der Waals surface area contributed by atoms with Gasteiger partial charge in [-0.3, -0.25) is 13.6 Å². The van der Waals surface area contributed by atoms with Crippen molar-refractivity contribution in [3.05, 3.63) is 40.9 Å². The number of alkyl halides is 6. The fourth-order valence-corrected chi connectivity index (χ4v) is 3.06. The van der Waals surface area contributed by atoms with Crippen LogP contribution in [0.3, 0.4) is 0 Å². The zero-order chi connectivity index (χ0) is 17.9. The van der Waals surface area contributed by atoms with Crippen molar-refractivity contribution in [1.82, 2.24) is 0 Å². The van der Waals surface area contributed by atoms with E-state index < -0.39 is 38.5 Å². The van der Waals surface area contributed by atoms with Crippen molar-refractivity contribution in [2.45, 2.75) is 12.4 Å². The molecule has 1 aromatic carbocycles. The molecule has 0 unspecified atom stereocenters. The molecule has 0 aromatic heterocycles. The molecule has 0 saturated heterocycles. The lowest BCUT2D eigenvalue weighted by Crippen LogP contribution is -2.20. The van der Waals surface area contributed by atoms with E-state index in [0.29, 0.717) is 4.47 Å². The minimum absolute atomic E-state index is 0.0286. The second-order valence-corrected chi connectivity index (χ2v) is 7.20. The van der Waals surface area contributed by atoms with Crippen LogP contribution in [0.15, 0.2) is 35.3 Å². The lowest BCUT2D eigenvalue weighted by molar-refractivity contribution is -0.164. The summed E-state index contributed by atoms with van der Waals surface area (Å²) >= 11 is 3.10. The molecule has 0 N–H and O–H groups in total. The van der Waals surface area contributed by atoms with Gasteiger partial charge < -0.3 is 0 Å². The summed E-state index contributed by atoms with van der Waals surface area (Å²) in [5.41, 5.74) is 0.0286. The molecule has 0 amide bonds. The van der Waals surface area contributed by atoms with Crippen LogP contribution in [0.1, 0.15) is 5.56 Å². The number of benzene rings is 1. The summed E-state index contributed by atoms with van der Waals surface area (Å²) in [6, 6.07) is 5.48. The Morgan fingerprint density at radius 3 is 1.74 bits per heavy atom. The molecule has 0 fully saturated rings. The van der Waals surface area contributed by atoms with Crippen molar-refractivity contribution < 1.29 is 40.0 Å². The maximum Gasteiger partial charge on any atom is 0.412 e. The summed E-state index contributed by atoms with van der Waals surface area (Å²) in [6.07, 6.45) is -9.78. The first-order valence-corrected chi connectivity index (χ1v) is 8.14. The number of hydrogen-bond donors (Lipinski definition) is 0. The van der Waals surface area contributed by atoms with Gasteiger partial charge in [0.05, 0.1) is 5.31 Å². The molecule has 3 nitrogen and oxygen atoms in total. The third-order valence-electron chi connectivity index (χ3n) is 2.30. The van der Waals surface area contributed by atoms with Gasteiger partial charge in [0.1, 0.15) is 0 Å². The SMILES string of the molecule is C=C(c1ccc(Br)cc1)P(=O)(OCC(F)(F)F)OCC(F)(F)F. The fraction of sp³-hybridized carbons (Fsp3) is 0.333. The average molecular weight is 427 g/mol. The maximum atomic E-state index is 12.3. The molecule has 0 radical (unpaired) electrons. The van der Waals surface area contributed by atoms with Gasteiger partial charge in [-0.25, -0.2) is 0 Å². The Hall–Kier alpha value is -0.830. The Bertz CT molecular complexity index is 574. The minimum Gasteiger partial charge on any atom is -0.296 e. The lowest BCUT2D eigenvalue weighted by atomic mass is 10.2. The third-order valence-corrected chi connectivity index (χ3v) is 4.69. The number of halogens is 7. The predicted octanol–water partition coefficient (Wildman–Crippen LogP) is 5.77. The topological polar surface area (TPSA) is 35.5 Å². The predicted molar refractivity (Wildman–Crippen MR) is 74.8 cm³/mol. The Kier molecular flexibility index (Phi) is 6.48. The second-order valence-electron chi connectivity index (χ2n) is 4.23. The molecule has 0 saturated carbocycles. The highest BCUT2D eigenvalue weighted by Crippen LogP contribution is 2.60. The normalized spacial score (nSPS) is 13.2. The summed E-state index contributed by atoms with van der Waals surface area (Å²) in [4.78, 5) is 0. The summed E-state index contributed by atoms with van der Waals surface area (Å²) in [5.74, 6) is 0. The molecular formula is C12H10BrF6O3P. The highest BCUT2D eigenvalue weighted by molar-refractivity contribution is 9.10. The number of hydrogen-bond acceptors (Lipinski definition) is 3. The van der Waals surface area contributed by atoms with Crippen molar-refractivity contribution in [2.75, 3.05) is 13.2 Å². The summed E-state index contributed by atoms with van der Waals surface area (Å²) in [7, 11) is -4.89. The van der Waals surface area contributed by atoms with E-state index in [1.54, 1.807) is 0 Å². The van der Waals surface area contributed by atoms with E-state index in [1.165, 1.54) is 24.3 Å². The fourth-order valence-electron chi connectivity index (χ4n) is 1.31. The van der Waals surface area contributed by atoms with Crippen LogP contribution in [0, 0.1) is 0 Å². The molecule has 11 heteroatoms. The van der Waals surface area contributed by atoms with E-state index >= 15 is 0 Å². The van der Waals surface area contributed by atoms with Crippen molar-refractivity contribution >= 4 is 28.8 Å². The molecule has 0 spiro atoms. The highest BCUT2D eigenvalue weighted by atomic mass is 79.9. The molecular weight excluding hydrogens is 417 g/mol. The Labute approximate surface area is 135 Å². The molecule has 1 rings (SSSR count). The van der Waals surface area contributed by atoms with Crippen LogP contribution >= 0.6 is 23.5 Å². The summed E-state index contributed by atoms with van der Waals surface area (Å²) < 4.78 is 94.5. The monoisotopic (exact) mass is 426 g/mol. The van der Waals surface area contributed by atoms with Crippen LogP contribution in [0.25, 0.3) is 5.31 Å². The molecule has 0 aliphatic rings. The molecule has 0 aliphatic carbocycles. The van der Waals surface area contributed by atoms with E-state index in [2.05, 4.69) is 31.6 Å². The van der Waals surface area contributed by atoms with Gasteiger partial charge in [0.25, 0.3) is 0 Å². The van der Waals surface area contributed by atoms with Crippen molar-refractivity contribution in [2.24, 2.45) is 0 Å². The van der Waals surface area contributed by atoms with E-state index in [9.17, 15) is 30.9 Å². The zero-order valence-corrected chi connectivity index (χ0v) is 13.7. The molecule has 0 bridgehead atoms. The van der Waals surface area contributed by atoms with Crippen LogP contribution in [-0.4, -0.2) is 25.6 Å². The van der Waals surface area contributed by atoms with Crippen molar-refractivity contribution in [3.8, 4) is 0 Å². The van der Waals surface area contributed by atoms with Gasteiger partial charge in [0.15, 0.2) is 13.2 Å². The molecule has 0 aliphatic heterocycles. The molecule has 0 atom stereocenters. The van der Waals surface area contributed by atoms with Crippen molar-refractivity contribution in [3.63, 3.8) is 0 Å². The largest absolute Gasteiger partial charge is 0.412 e. The average Bonchev–Trinajstić information content (AvgIpc) is 2.41. The summed E-state index contributed by atoms with van der Waals surface area (Å²) in [6.45, 7) is -0.795. The van der Waals surface area contributed by atoms with E-state index in [-0.39, 0.29) is 5.56 Å². The van der Waals surface area contributed by atoms with Gasteiger partial charge in [0.2, 0.25) is 0 Å².